The molecule has 0 aliphatic carbocycles. The first-order chi connectivity index (χ1) is 20.8. The zero-order valence-corrected chi connectivity index (χ0v) is 23.8. The summed E-state index contributed by atoms with van der Waals surface area (Å²) in [5.41, 5.74) is 11.6. The molecule has 0 radical (unpaired) electrons. The molecule has 1 saturated heterocycles. The molecule has 5 atom stereocenters. The number of rotatable bonds is 13. The molecule has 0 spiro atoms. The van der Waals surface area contributed by atoms with E-state index in [0.717, 1.165) is 11.0 Å². The van der Waals surface area contributed by atoms with Crippen LogP contribution < -0.4 is 27.4 Å². The minimum Gasteiger partial charge on any atom is -0.478 e. The van der Waals surface area contributed by atoms with E-state index in [2.05, 4.69) is 20.9 Å². The van der Waals surface area contributed by atoms with Crippen molar-refractivity contribution in [3.8, 4) is 0 Å². The number of nitrogens with one attached hydrogen (secondary N) is 3. The number of aliphatic hydroxyl groups is 2. The third-order valence-electron chi connectivity index (χ3n) is 6.74. The molecular formula is C27H35N7O10. The van der Waals surface area contributed by atoms with Gasteiger partial charge in [0.2, 0.25) is 29.4 Å². The average Bonchev–Trinajstić information content (AvgIpc) is 2.95. The Kier molecular flexibility index (Phi) is 11.4. The fourth-order valence-corrected chi connectivity index (χ4v) is 4.47. The number of carboxylic acids is 1. The number of nitrogens with zero attached hydrogens (tertiary/aromatic N) is 2. The molecule has 44 heavy (non-hydrogen) atoms. The van der Waals surface area contributed by atoms with E-state index in [0.29, 0.717) is 24.2 Å². The van der Waals surface area contributed by atoms with Gasteiger partial charge >= 0.3 is 5.97 Å². The van der Waals surface area contributed by atoms with Crippen LogP contribution in [0.5, 0.6) is 0 Å². The lowest BCUT2D eigenvalue weighted by Crippen LogP contribution is -2.60. The highest BCUT2D eigenvalue weighted by Crippen LogP contribution is 2.25. The number of carbonyl (C=O) groups is 6. The maximum absolute atomic E-state index is 12.3. The van der Waals surface area contributed by atoms with E-state index in [-0.39, 0.29) is 31.1 Å². The fraction of sp³-hybridized carbons (Fsp3) is 0.444. The Bertz CT molecular complexity index is 1340. The van der Waals surface area contributed by atoms with Gasteiger partial charge in [-0.15, -0.1) is 0 Å². The van der Waals surface area contributed by atoms with Crippen LogP contribution in [-0.2, 0) is 28.7 Å². The summed E-state index contributed by atoms with van der Waals surface area (Å²) < 4.78 is 5.34. The lowest BCUT2D eigenvalue weighted by atomic mass is 9.92. The molecule has 2 heterocycles. The molecule has 10 N–H and O–H groups in total. The highest BCUT2D eigenvalue weighted by Gasteiger charge is 2.44. The summed E-state index contributed by atoms with van der Waals surface area (Å²) in [6.45, 7) is 1.08. The standard InChI is InChI=1S/C27H35N7O10/c1-13(35)31-22-16(33-27(28)29)11-18(26(42)43)44-24(22)23(40)17(36)12-30-19(37)3-2-4-20(38)32-15-7-5-14(6-8-15)25(41)34-10-9-21(34)39/h5-8,11,16-17,22-24,36,40H,2-4,9-10,12H2,1H3,(H,30,37)(H,31,35)(H,32,38)(H,42,43)(H4,28,29,33). The van der Waals surface area contributed by atoms with Gasteiger partial charge in [0.15, 0.2) is 5.96 Å². The Morgan fingerprint density at radius 3 is 2.30 bits per heavy atom. The van der Waals surface area contributed by atoms with Crippen molar-refractivity contribution in [2.24, 2.45) is 16.5 Å². The molecule has 3 rings (SSSR count). The predicted octanol–water partition coefficient (Wildman–Crippen LogP) is -2.48. The van der Waals surface area contributed by atoms with Crippen LogP contribution in [-0.4, -0.2) is 105 Å². The van der Waals surface area contributed by atoms with E-state index < -0.39 is 72.3 Å². The maximum atomic E-state index is 12.3. The lowest BCUT2D eigenvalue weighted by Gasteiger charge is -2.38. The molecule has 1 aromatic rings. The van der Waals surface area contributed by atoms with E-state index in [4.69, 9.17) is 16.2 Å². The van der Waals surface area contributed by atoms with E-state index in [1.54, 1.807) is 0 Å². The molecule has 0 saturated carbocycles. The number of imide groups is 1. The van der Waals surface area contributed by atoms with Gasteiger partial charge in [-0.2, -0.15) is 0 Å². The number of ether oxygens (including phenoxy) is 1. The van der Waals surface area contributed by atoms with Gasteiger partial charge in [-0.05, 0) is 36.8 Å². The number of hydrogen-bond donors (Lipinski definition) is 8. The average molecular weight is 618 g/mol. The number of nitrogens with two attached hydrogens (primary N) is 2. The first-order valence-electron chi connectivity index (χ1n) is 13.6. The van der Waals surface area contributed by atoms with Crippen molar-refractivity contribution >= 4 is 47.2 Å². The van der Waals surface area contributed by atoms with Crippen LogP contribution in [0.2, 0.25) is 0 Å². The van der Waals surface area contributed by atoms with Crippen LogP contribution in [0.1, 0.15) is 43.0 Å². The monoisotopic (exact) mass is 617 g/mol. The second-order valence-electron chi connectivity index (χ2n) is 10.1. The van der Waals surface area contributed by atoms with Gasteiger partial charge in [-0.25, -0.2) is 9.79 Å². The number of carbonyl (C=O) groups excluding carboxylic acids is 5. The zero-order chi connectivity index (χ0) is 32.6. The molecular weight excluding hydrogens is 582 g/mol. The maximum Gasteiger partial charge on any atom is 0.370 e. The molecule has 1 aromatic carbocycles. The van der Waals surface area contributed by atoms with Gasteiger partial charge in [0, 0.05) is 50.5 Å². The Morgan fingerprint density at radius 1 is 1.09 bits per heavy atom. The van der Waals surface area contributed by atoms with E-state index in [1.807, 2.05) is 0 Å². The normalized spacial score (nSPS) is 20.5. The number of guanidine groups is 1. The topological polar surface area (TPSA) is 276 Å². The van der Waals surface area contributed by atoms with Crippen LogP contribution >= 0.6 is 0 Å². The number of anilines is 1. The van der Waals surface area contributed by atoms with Crippen molar-refractivity contribution < 1.29 is 48.8 Å². The highest BCUT2D eigenvalue weighted by molar-refractivity contribution is 6.07. The molecule has 2 aliphatic heterocycles. The SMILES string of the molecule is CC(=O)NC1C(N=C(N)N)C=C(C(=O)O)OC1C(O)C(O)CNC(=O)CCCC(=O)Nc1ccc(C(=O)N2CCC2=O)cc1. The highest BCUT2D eigenvalue weighted by atomic mass is 16.5. The summed E-state index contributed by atoms with van der Waals surface area (Å²) in [5.74, 6) is -4.68. The smallest absolute Gasteiger partial charge is 0.370 e. The molecule has 238 valence electrons. The minimum atomic E-state index is -1.80. The first kappa shape index (κ1) is 33.5. The Labute approximate surface area is 251 Å². The molecule has 2 aliphatic rings. The molecule has 1 fully saturated rings. The number of aliphatic imine (C=N–C) groups is 1. The summed E-state index contributed by atoms with van der Waals surface area (Å²) in [6.07, 6.45) is -3.56. The van der Waals surface area contributed by atoms with E-state index in [9.17, 15) is 44.1 Å². The Morgan fingerprint density at radius 2 is 1.75 bits per heavy atom. The van der Waals surface area contributed by atoms with Crippen LogP contribution in [0.3, 0.4) is 0 Å². The zero-order valence-electron chi connectivity index (χ0n) is 23.8. The number of β-lactam (4-membered cyclic amide) rings is 1. The van der Waals surface area contributed by atoms with Gasteiger partial charge in [0.25, 0.3) is 5.91 Å². The molecule has 17 nitrogen and oxygen atoms in total. The first-order valence-corrected chi connectivity index (χ1v) is 13.6. The Balaban J connectivity index is 1.47. The number of carboxylic acid groups (broad SMARTS) is 1. The van der Waals surface area contributed by atoms with Gasteiger partial charge in [0.1, 0.15) is 18.3 Å². The van der Waals surface area contributed by atoms with E-state index in [1.165, 1.54) is 31.2 Å². The fourth-order valence-electron chi connectivity index (χ4n) is 4.47. The second kappa shape index (κ2) is 14.9. The van der Waals surface area contributed by atoms with Crippen molar-refractivity contribution in [1.82, 2.24) is 15.5 Å². The van der Waals surface area contributed by atoms with Gasteiger partial charge in [-0.3, -0.25) is 28.9 Å². The van der Waals surface area contributed by atoms with Crippen LogP contribution in [0, 0.1) is 0 Å². The quantitative estimate of drug-likeness (QED) is 0.0494. The van der Waals surface area contributed by atoms with Crippen molar-refractivity contribution in [1.29, 1.82) is 0 Å². The van der Waals surface area contributed by atoms with Crippen molar-refractivity contribution in [2.45, 2.75) is 63.0 Å². The van der Waals surface area contributed by atoms with Crippen LogP contribution in [0.4, 0.5) is 5.69 Å². The van der Waals surface area contributed by atoms with Crippen molar-refractivity contribution in [2.75, 3.05) is 18.4 Å². The number of aliphatic carboxylic acids is 1. The summed E-state index contributed by atoms with van der Waals surface area (Å²) in [7, 11) is 0. The Hall–Kier alpha value is -5.03. The minimum absolute atomic E-state index is 0.0215. The van der Waals surface area contributed by atoms with Crippen molar-refractivity contribution in [3.05, 3.63) is 41.7 Å². The molecule has 0 bridgehead atoms. The molecule has 5 amide bonds. The number of amides is 5. The summed E-state index contributed by atoms with van der Waals surface area (Å²) in [5, 5.41) is 38.3. The largest absolute Gasteiger partial charge is 0.478 e. The second-order valence-corrected chi connectivity index (χ2v) is 10.1. The predicted molar refractivity (Wildman–Crippen MR) is 152 cm³/mol. The van der Waals surface area contributed by atoms with Crippen LogP contribution in [0.25, 0.3) is 0 Å². The number of benzene rings is 1. The summed E-state index contributed by atoms with van der Waals surface area (Å²) in [4.78, 5) is 76.6. The lowest BCUT2D eigenvalue weighted by molar-refractivity contribution is -0.144. The van der Waals surface area contributed by atoms with Crippen LogP contribution in [0.15, 0.2) is 41.1 Å². The van der Waals surface area contributed by atoms with Crippen molar-refractivity contribution in [3.63, 3.8) is 0 Å². The van der Waals surface area contributed by atoms with Gasteiger partial charge in [-0.1, -0.05) is 0 Å². The van der Waals surface area contributed by atoms with Gasteiger partial charge in [0.05, 0.1) is 12.1 Å². The summed E-state index contributed by atoms with van der Waals surface area (Å²) >= 11 is 0. The summed E-state index contributed by atoms with van der Waals surface area (Å²) in [6, 6.07) is 3.72. The number of likely N-dealkylation sites (tertiary alicyclic amines) is 1. The number of aliphatic hydroxyl groups excluding tert-OH is 2. The van der Waals surface area contributed by atoms with Gasteiger partial charge < -0.3 is 47.5 Å². The van der Waals surface area contributed by atoms with E-state index >= 15 is 0 Å². The number of hydrogen-bond acceptors (Lipinski definition) is 10. The molecule has 0 aromatic heterocycles. The third kappa shape index (κ3) is 8.98. The third-order valence-corrected chi connectivity index (χ3v) is 6.74. The molecule has 17 heteroatoms. The molecule has 5 unspecified atom stereocenters.